The van der Waals surface area contributed by atoms with E-state index in [1.54, 1.807) is 43.8 Å². The molecule has 148 valence electrons. The van der Waals surface area contributed by atoms with Gasteiger partial charge in [-0.2, -0.15) is 5.10 Å². The number of ketones is 1. The molecule has 2 aromatic carbocycles. The number of hydrogen-bond donors (Lipinski definition) is 0. The molecule has 5 nitrogen and oxygen atoms in total. The number of nitrogens with zero attached hydrogens (tertiary/aromatic N) is 3. The van der Waals surface area contributed by atoms with Gasteiger partial charge in [-0.25, -0.2) is 0 Å². The van der Waals surface area contributed by atoms with Crippen LogP contribution in [0.1, 0.15) is 21.5 Å². The molecule has 0 saturated heterocycles. The molecule has 0 aliphatic heterocycles. The minimum Gasteiger partial charge on any atom is -0.496 e. The Morgan fingerprint density at radius 3 is 2.60 bits per heavy atom. The first-order valence-electron chi connectivity index (χ1n) is 9.62. The Balaban J connectivity index is 1.72. The zero-order chi connectivity index (χ0) is 20.8. The van der Waals surface area contributed by atoms with Crippen LogP contribution in [-0.4, -0.2) is 27.7 Å². The maximum atomic E-state index is 12.5. The van der Waals surface area contributed by atoms with Gasteiger partial charge in [0.25, 0.3) is 0 Å². The van der Waals surface area contributed by atoms with Crippen molar-refractivity contribution in [3.8, 4) is 17.0 Å². The molecule has 0 atom stereocenters. The maximum Gasteiger partial charge on any atom is 0.187 e. The molecule has 4 rings (SSSR count). The van der Waals surface area contributed by atoms with Gasteiger partial charge in [0.2, 0.25) is 0 Å². The number of hydrogen-bond acceptors (Lipinski definition) is 4. The van der Waals surface area contributed by atoms with E-state index in [9.17, 15) is 4.79 Å². The van der Waals surface area contributed by atoms with Crippen molar-refractivity contribution in [2.45, 2.75) is 6.54 Å². The number of carbonyl (C=O) groups is 1. The maximum absolute atomic E-state index is 12.5. The fraction of sp³-hybridized carbons (Fsp3) is 0.0800. The predicted octanol–water partition coefficient (Wildman–Crippen LogP) is 4.90. The number of rotatable bonds is 7. The highest BCUT2D eigenvalue weighted by molar-refractivity contribution is 6.06. The minimum atomic E-state index is -0.107. The second-order valence-electron chi connectivity index (χ2n) is 6.76. The van der Waals surface area contributed by atoms with E-state index >= 15 is 0 Å². The van der Waals surface area contributed by atoms with Crippen molar-refractivity contribution < 1.29 is 9.53 Å². The van der Waals surface area contributed by atoms with Gasteiger partial charge in [-0.3, -0.25) is 14.5 Å². The summed E-state index contributed by atoms with van der Waals surface area (Å²) in [5.74, 6) is 0.626. The first kappa shape index (κ1) is 19.3. The molecule has 0 spiro atoms. The van der Waals surface area contributed by atoms with Gasteiger partial charge in [0, 0.05) is 35.3 Å². The number of pyridine rings is 1. The molecule has 0 aliphatic carbocycles. The molecule has 2 aromatic heterocycles. The van der Waals surface area contributed by atoms with Crippen molar-refractivity contribution in [2.75, 3.05) is 7.11 Å². The molecule has 0 aliphatic rings. The Labute approximate surface area is 175 Å². The third-order valence-corrected chi connectivity index (χ3v) is 4.70. The highest BCUT2D eigenvalue weighted by atomic mass is 16.5. The van der Waals surface area contributed by atoms with E-state index in [0.29, 0.717) is 12.1 Å². The third-order valence-electron chi connectivity index (χ3n) is 4.70. The van der Waals surface area contributed by atoms with E-state index < -0.39 is 0 Å². The van der Waals surface area contributed by atoms with Crippen LogP contribution in [0.2, 0.25) is 0 Å². The van der Waals surface area contributed by atoms with Crippen LogP contribution in [0, 0.1) is 0 Å². The molecular weight excluding hydrogens is 374 g/mol. The largest absolute Gasteiger partial charge is 0.496 e. The van der Waals surface area contributed by atoms with Gasteiger partial charge in [0.15, 0.2) is 5.78 Å². The monoisotopic (exact) mass is 395 g/mol. The second-order valence-corrected chi connectivity index (χ2v) is 6.76. The number of benzene rings is 2. The summed E-state index contributed by atoms with van der Waals surface area (Å²) in [7, 11) is 1.64. The normalized spacial score (nSPS) is 11.0. The van der Waals surface area contributed by atoms with Crippen molar-refractivity contribution in [3.63, 3.8) is 0 Å². The average Bonchev–Trinajstić information content (AvgIpc) is 3.21. The topological polar surface area (TPSA) is 57.0 Å². The minimum absolute atomic E-state index is 0.107. The lowest BCUT2D eigenvalue weighted by atomic mass is 10.1. The summed E-state index contributed by atoms with van der Waals surface area (Å²) in [4.78, 5) is 16.5. The van der Waals surface area contributed by atoms with E-state index in [1.807, 2.05) is 53.3 Å². The molecule has 0 saturated carbocycles. The van der Waals surface area contributed by atoms with Crippen LogP contribution in [0.5, 0.6) is 5.75 Å². The van der Waals surface area contributed by atoms with Crippen LogP contribution >= 0.6 is 0 Å². The van der Waals surface area contributed by atoms with Crippen LogP contribution in [0.25, 0.3) is 17.3 Å². The van der Waals surface area contributed by atoms with Gasteiger partial charge >= 0.3 is 0 Å². The summed E-state index contributed by atoms with van der Waals surface area (Å²) in [6.07, 6.45) is 8.51. The summed E-state index contributed by atoms with van der Waals surface area (Å²) in [6.45, 7) is 0.632. The van der Waals surface area contributed by atoms with E-state index in [-0.39, 0.29) is 5.78 Å². The number of carbonyl (C=O) groups excluding carboxylic acids is 1. The lowest BCUT2D eigenvalue weighted by Crippen LogP contribution is -2.00. The Bertz CT molecular complexity index is 1170. The molecule has 0 unspecified atom stereocenters. The predicted molar refractivity (Wildman–Crippen MR) is 117 cm³/mol. The van der Waals surface area contributed by atoms with Gasteiger partial charge < -0.3 is 4.74 Å². The Morgan fingerprint density at radius 1 is 1.03 bits per heavy atom. The van der Waals surface area contributed by atoms with Crippen molar-refractivity contribution in [1.82, 2.24) is 14.8 Å². The van der Waals surface area contributed by atoms with Gasteiger partial charge in [-0.05, 0) is 42.0 Å². The molecule has 0 N–H and O–H groups in total. The molecule has 0 fully saturated rings. The highest BCUT2D eigenvalue weighted by Gasteiger charge is 2.14. The van der Waals surface area contributed by atoms with E-state index in [4.69, 9.17) is 9.84 Å². The summed E-state index contributed by atoms with van der Waals surface area (Å²) in [5, 5.41) is 4.80. The van der Waals surface area contributed by atoms with Gasteiger partial charge in [0.05, 0.1) is 13.7 Å². The fourth-order valence-electron chi connectivity index (χ4n) is 3.23. The number of methoxy groups -OCH3 is 1. The zero-order valence-electron chi connectivity index (χ0n) is 16.6. The molecule has 0 radical (unpaired) electrons. The van der Waals surface area contributed by atoms with Crippen LogP contribution in [0.3, 0.4) is 0 Å². The molecule has 30 heavy (non-hydrogen) atoms. The molecule has 5 heteroatoms. The number of aromatic nitrogens is 3. The Kier molecular flexibility index (Phi) is 5.80. The average molecular weight is 395 g/mol. The molecular formula is C25H21N3O2. The van der Waals surface area contributed by atoms with Crippen LogP contribution < -0.4 is 4.74 Å². The zero-order valence-corrected chi connectivity index (χ0v) is 16.6. The fourth-order valence-corrected chi connectivity index (χ4v) is 3.23. The summed E-state index contributed by atoms with van der Waals surface area (Å²) >= 11 is 0. The number of para-hydroxylation sites is 1. The van der Waals surface area contributed by atoms with Gasteiger partial charge in [-0.15, -0.1) is 0 Å². The molecule has 4 aromatic rings. The quantitative estimate of drug-likeness (QED) is 0.330. The van der Waals surface area contributed by atoms with Crippen LogP contribution in [0.15, 0.2) is 91.4 Å². The van der Waals surface area contributed by atoms with Gasteiger partial charge in [0.1, 0.15) is 11.4 Å². The number of allylic oxidation sites excluding steroid dienone is 1. The van der Waals surface area contributed by atoms with Crippen molar-refractivity contribution in [3.05, 3.63) is 108 Å². The van der Waals surface area contributed by atoms with Crippen molar-refractivity contribution in [2.24, 2.45) is 0 Å². The van der Waals surface area contributed by atoms with Crippen molar-refractivity contribution >= 4 is 11.9 Å². The van der Waals surface area contributed by atoms with Crippen LogP contribution in [-0.2, 0) is 6.54 Å². The summed E-state index contributed by atoms with van der Waals surface area (Å²) < 4.78 is 7.41. The Hall–Kier alpha value is -3.99. The lowest BCUT2D eigenvalue weighted by molar-refractivity contribution is 0.104. The first-order chi connectivity index (χ1) is 14.7. The smallest absolute Gasteiger partial charge is 0.187 e. The standard InChI is InChI=1S/C25H21N3O2/c1-30-24-12-6-5-11-22(24)25-21(13-14-23(29)20-10-7-15-26-16-20)18-28(27-25)17-19-8-3-2-4-9-19/h2-16,18H,17H2,1H3/b14-13+. The Morgan fingerprint density at radius 2 is 1.83 bits per heavy atom. The lowest BCUT2D eigenvalue weighted by Gasteiger charge is -2.06. The van der Waals surface area contributed by atoms with Gasteiger partial charge in [-0.1, -0.05) is 42.5 Å². The van der Waals surface area contributed by atoms with E-state index in [1.165, 1.54) is 0 Å². The van der Waals surface area contributed by atoms with Crippen molar-refractivity contribution in [1.29, 1.82) is 0 Å². The third kappa shape index (κ3) is 4.36. The first-order valence-corrected chi connectivity index (χ1v) is 9.62. The summed E-state index contributed by atoms with van der Waals surface area (Å²) in [6, 6.07) is 21.4. The second kappa shape index (κ2) is 9.01. The summed E-state index contributed by atoms with van der Waals surface area (Å²) in [5.41, 5.74) is 4.17. The van der Waals surface area contributed by atoms with E-state index in [2.05, 4.69) is 17.1 Å². The SMILES string of the molecule is COc1ccccc1-c1nn(Cc2ccccc2)cc1/C=C/C(=O)c1cccnc1. The molecule has 0 amide bonds. The van der Waals surface area contributed by atoms with Crippen LogP contribution in [0.4, 0.5) is 0 Å². The van der Waals surface area contributed by atoms with E-state index in [0.717, 1.165) is 28.1 Å². The number of ether oxygens (including phenoxy) is 1. The molecule has 2 heterocycles. The molecule has 0 bridgehead atoms. The highest BCUT2D eigenvalue weighted by Crippen LogP contribution is 2.31.